The van der Waals surface area contributed by atoms with Gasteiger partial charge >= 0.3 is 12.1 Å². The Morgan fingerprint density at radius 1 is 1.24 bits per heavy atom. The van der Waals surface area contributed by atoms with Crippen LogP contribution in [-0.2, 0) is 11.2 Å². The average molecular weight is 351 g/mol. The van der Waals surface area contributed by atoms with E-state index in [2.05, 4.69) is 9.97 Å². The van der Waals surface area contributed by atoms with Crippen molar-refractivity contribution in [1.29, 1.82) is 0 Å². The number of aromatic nitrogens is 2. The maximum absolute atomic E-state index is 13.3. The summed E-state index contributed by atoms with van der Waals surface area (Å²) in [6.07, 6.45) is -3.38. The molecule has 0 spiro atoms. The lowest BCUT2D eigenvalue weighted by molar-refractivity contribution is -0.225. The van der Waals surface area contributed by atoms with Crippen LogP contribution in [-0.4, -0.2) is 40.3 Å². The lowest BCUT2D eigenvalue weighted by Crippen LogP contribution is -2.47. The van der Waals surface area contributed by atoms with Crippen molar-refractivity contribution < 1.29 is 23.1 Å². The number of halogens is 3. The molecule has 0 amide bonds. The van der Waals surface area contributed by atoms with Gasteiger partial charge in [-0.3, -0.25) is 4.79 Å². The highest BCUT2D eigenvalue weighted by Crippen LogP contribution is 2.46. The van der Waals surface area contributed by atoms with Crippen molar-refractivity contribution in [1.82, 2.24) is 9.97 Å². The van der Waals surface area contributed by atoms with E-state index in [0.29, 0.717) is 18.1 Å². The van der Waals surface area contributed by atoms with Crippen molar-refractivity contribution in [2.75, 3.05) is 18.0 Å². The molecule has 1 aromatic carbocycles. The molecule has 25 heavy (non-hydrogen) atoms. The van der Waals surface area contributed by atoms with Gasteiger partial charge in [-0.2, -0.15) is 13.2 Å². The average Bonchev–Trinajstić information content (AvgIpc) is 3.03. The van der Waals surface area contributed by atoms with Gasteiger partial charge in [-0.25, -0.2) is 9.97 Å². The first-order chi connectivity index (χ1) is 11.8. The number of alkyl halides is 3. The Bertz CT molecular complexity index is 767. The molecule has 1 fully saturated rings. The van der Waals surface area contributed by atoms with E-state index < -0.39 is 30.5 Å². The number of nitrogens with zero attached hydrogens (tertiary/aromatic N) is 3. The third-order valence-electron chi connectivity index (χ3n) is 4.44. The van der Waals surface area contributed by atoms with Gasteiger partial charge in [0.2, 0.25) is 0 Å². The second-order valence-corrected chi connectivity index (χ2v) is 6.05. The Balaban J connectivity index is 1.82. The van der Waals surface area contributed by atoms with Crippen LogP contribution in [0.15, 0.2) is 42.6 Å². The summed E-state index contributed by atoms with van der Waals surface area (Å²) in [7, 11) is 0. The summed E-state index contributed by atoms with van der Waals surface area (Å²) in [5, 5.41) is 9.13. The van der Waals surface area contributed by atoms with E-state index in [9.17, 15) is 18.0 Å². The number of carboxylic acids is 1. The number of carboxylic acid groups (broad SMARTS) is 1. The molecule has 1 unspecified atom stereocenters. The molecule has 0 aliphatic carbocycles. The van der Waals surface area contributed by atoms with Crippen molar-refractivity contribution in [3.63, 3.8) is 0 Å². The van der Waals surface area contributed by atoms with E-state index in [1.54, 1.807) is 0 Å². The Kier molecular flexibility index (Phi) is 4.36. The molecule has 0 radical (unpaired) electrons. The second-order valence-electron chi connectivity index (χ2n) is 6.05. The highest BCUT2D eigenvalue weighted by molar-refractivity contribution is 5.77. The quantitative estimate of drug-likeness (QED) is 0.917. The van der Waals surface area contributed by atoms with Gasteiger partial charge in [-0.15, -0.1) is 0 Å². The third-order valence-corrected chi connectivity index (χ3v) is 4.44. The molecule has 132 valence electrons. The Labute approximate surface area is 142 Å². The highest BCUT2D eigenvalue weighted by atomic mass is 19.4. The molecule has 1 atom stereocenters. The number of hydrogen-bond acceptors (Lipinski definition) is 4. The molecule has 2 aromatic rings. The van der Waals surface area contributed by atoms with Gasteiger partial charge in [-0.05, 0) is 18.1 Å². The summed E-state index contributed by atoms with van der Waals surface area (Å²) in [5.74, 6) is -1.06. The Hall–Kier alpha value is -2.64. The zero-order valence-corrected chi connectivity index (χ0v) is 13.2. The van der Waals surface area contributed by atoms with Gasteiger partial charge in [0.1, 0.15) is 11.6 Å². The van der Waals surface area contributed by atoms with Crippen molar-refractivity contribution in [3.8, 4) is 0 Å². The topological polar surface area (TPSA) is 66.3 Å². The molecular weight excluding hydrogens is 335 g/mol. The van der Waals surface area contributed by atoms with Crippen LogP contribution in [0.3, 0.4) is 0 Å². The smallest absolute Gasteiger partial charge is 0.406 e. The second kappa shape index (κ2) is 6.34. The first-order valence-corrected chi connectivity index (χ1v) is 7.73. The SMILES string of the molecule is O=C(O)C1(C(F)(F)F)CCN(c2ccnc(Cc3ccccc3)n2)C1. The van der Waals surface area contributed by atoms with Crippen LogP contribution in [0.2, 0.25) is 0 Å². The fourth-order valence-corrected chi connectivity index (χ4v) is 2.96. The van der Waals surface area contributed by atoms with Crippen LogP contribution in [0.1, 0.15) is 17.8 Å². The lowest BCUT2D eigenvalue weighted by atomic mass is 9.86. The number of rotatable bonds is 4. The number of anilines is 1. The predicted octanol–water partition coefficient (Wildman–Crippen LogP) is 2.91. The molecule has 1 N–H and O–H groups in total. The minimum absolute atomic E-state index is 0.0202. The van der Waals surface area contributed by atoms with E-state index >= 15 is 0 Å². The molecule has 0 bridgehead atoms. The largest absolute Gasteiger partial charge is 0.481 e. The van der Waals surface area contributed by atoms with Crippen LogP contribution in [0, 0.1) is 5.41 Å². The minimum Gasteiger partial charge on any atom is -0.481 e. The van der Waals surface area contributed by atoms with E-state index in [1.165, 1.54) is 17.2 Å². The zero-order chi connectivity index (χ0) is 18.1. The molecule has 8 heteroatoms. The fourth-order valence-electron chi connectivity index (χ4n) is 2.96. The number of aliphatic carboxylic acids is 1. The van der Waals surface area contributed by atoms with Crippen molar-refractivity contribution in [2.45, 2.75) is 19.0 Å². The Morgan fingerprint density at radius 2 is 1.96 bits per heavy atom. The maximum atomic E-state index is 13.3. The summed E-state index contributed by atoms with van der Waals surface area (Å²) in [6, 6.07) is 11.0. The first-order valence-electron chi connectivity index (χ1n) is 7.73. The van der Waals surface area contributed by atoms with Crippen LogP contribution in [0.5, 0.6) is 0 Å². The standard InChI is InChI=1S/C17H16F3N3O2/c18-17(19,20)16(15(24)25)7-9-23(11-16)14-6-8-21-13(22-14)10-12-4-2-1-3-5-12/h1-6,8H,7,9-11H2,(H,24,25). The lowest BCUT2D eigenvalue weighted by Gasteiger charge is -2.27. The summed E-state index contributed by atoms with van der Waals surface area (Å²) in [5.41, 5.74) is -1.77. The normalized spacial score (nSPS) is 20.7. The van der Waals surface area contributed by atoms with Gasteiger partial charge in [-0.1, -0.05) is 30.3 Å². The van der Waals surface area contributed by atoms with E-state index in [0.717, 1.165) is 5.56 Å². The fraction of sp³-hybridized carbons (Fsp3) is 0.353. The van der Waals surface area contributed by atoms with Gasteiger partial charge in [0.25, 0.3) is 0 Å². The van der Waals surface area contributed by atoms with Crippen molar-refractivity contribution >= 4 is 11.8 Å². The van der Waals surface area contributed by atoms with Gasteiger partial charge in [0, 0.05) is 25.7 Å². The molecule has 1 aliphatic rings. The predicted molar refractivity (Wildman–Crippen MR) is 84.2 cm³/mol. The highest BCUT2D eigenvalue weighted by Gasteiger charge is 2.63. The molecule has 2 heterocycles. The van der Waals surface area contributed by atoms with Crippen LogP contribution < -0.4 is 4.90 Å². The summed E-state index contributed by atoms with van der Waals surface area (Å²) >= 11 is 0. The molecule has 3 rings (SSSR count). The number of hydrogen-bond donors (Lipinski definition) is 1. The maximum Gasteiger partial charge on any atom is 0.406 e. The van der Waals surface area contributed by atoms with Gasteiger partial charge in [0.15, 0.2) is 5.41 Å². The van der Waals surface area contributed by atoms with E-state index in [-0.39, 0.29) is 6.54 Å². The molecular formula is C17H16F3N3O2. The summed E-state index contributed by atoms with van der Waals surface area (Å²) in [4.78, 5) is 21.1. The third kappa shape index (κ3) is 3.29. The molecule has 1 saturated heterocycles. The first kappa shape index (κ1) is 17.2. The monoisotopic (exact) mass is 351 g/mol. The summed E-state index contributed by atoms with van der Waals surface area (Å²) in [6.45, 7) is -0.665. The van der Waals surface area contributed by atoms with E-state index in [4.69, 9.17) is 5.11 Å². The number of benzene rings is 1. The van der Waals surface area contributed by atoms with Crippen LogP contribution >= 0.6 is 0 Å². The van der Waals surface area contributed by atoms with Crippen molar-refractivity contribution in [3.05, 3.63) is 54.0 Å². The minimum atomic E-state index is -4.81. The van der Waals surface area contributed by atoms with Crippen LogP contribution in [0.25, 0.3) is 0 Å². The molecule has 1 aromatic heterocycles. The number of carbonyl (C=O) groups is 1. The zero-order valence-electron chi connectivity index (χ0n) is 13.2. The molecule has 1 aliphatic heterocycles. The van der Waals surface area contributed by atoms with Gasteiger partial charge in [0.05, 0.1) is 0 Å². The summed E-state index contributed by atoms with van der Waals surface area (Å²) < 4.78 is 39.8. The van der Waals surface area contributed by atoms with Crippen LogP contribution in [0.4, 0.5) is 19.0 Å². The van der Waals surface area contributed by atoms with Crippen molar-refractivity contribution in [2.24, 2.45) is 5.41 Å². The van der Waals surface area contributed by atoms with E-state index in [1.807, 2.05) is 30.3 Å². The Morgan fingerprint density at radius 3 is 2.56 bits per heavy atom. The molecule has 5 nitrogen and oxygen atoms in total. The van der Waals surface area contributed by atoms with Gasteiger partial charge < -0.3 is 10.0 Å². The molecule has 0 saturated carbocycles.